The number of carbonyl (C=O) groups is 1. The quantitative estimate of drug-likeness (QED) is 0.680. The molecule has 0 aliphatic carbocycles. The van der Waals surface area contributed by atoms with Crippen molar-refractivity contribution in [2.45, 2.75) is 20.4 Å². The summed E-state index contributed by atoms with van der Waals surface area (Å²) in [5.74, 6) is 0. The summed E-state index contributed by atoms with van der Waals surface area (Å²) >= 11 is 1.62. The minimum Gasteiger partial charge on any atom is -0.298 e. The van der Waals surface area contributed by atoms with Gasteiger partial charge in [-0.05, 0) is 36.4 Å². The number of aryl methyl sites for hydroxylation is 2. The lowest BCUT2D eigenvalue weighted by molar-refractivity contribution is 0.112. The molecule has 3 nitrogen and oxygen atoms in total. The highest BCUT2D eigenvalue weighted by Crippen LogP contribution is 2.29. The standard InChI is InChI=1S/C17H16N2OS/c1-12-4-3-5-14(8-12)9-19-10-15(11-20)16(18-19)17-13(2)6-7-21-17/h3-8,10-11H,9H2,1-2H3. The van der Waals surface area contributed by atoms with E-state index in [-0.39, 0.29) is 0 Å². The molecule has 0 atom stereocenters. The number of hydrogen-bond acceptors (Lipinski definition) is 3. The fraction of sp³-hybridized carbons (Fsp3) is 0.176. The molecule has 0 fully saturated rings. The molecule has 0 saturated heterocycles. The van der Waals surface area contributed by atoms with Gasteiger partial charge in [0.25, 0.3) is 0 Å². The molecule has 2 heterocycles. The van der Waals surface area contributed by atoms with Crippen LogP contribution in [0.2, 0.25) is 0 Å². The van der Waals surface area contributed by atoms with E-state index in [0.29, 0.717) is 12.1 Å². The van der Waals surface area contributed by atoms with Gasteiger partial charge in [-0.2, -0.15) is 5.10 Å². The number of aldehydes is 1. The van der Waals surface area contributed by atoms with Gasteiger partial charge in [0.15, 0.2) is 6.29 Å². The third kappa shape index (κ3) is 2.81. The third-order valence-electron chi connectivity index (χ3n) is 3.42. The molecule has 106 valence electrons. The molecular formula is C17H16N2OS. The zero-order valence-corrected chi connectivity index (χ0v) is 12.9. The van der Waals surface area contributed by atoms with E-state index >= 15 is 0 Å². The molecular weight excluding hydrogens is 280 g/mol. The highest BCUT2D eigenvalue weighted by atomic mass is 32.1. The molecule has 21 heavy (non-hydrogen) atoms. The van der Waals surface area contributed by atoms with Gasteiger partial charge in [-0.25, -0.2) is 0 Å². The van der Waals surface area contributed by atoms with Crippen LogP contribution in [0, 0.1) is 13.8 Å². The van der Waals surface area contributed by atoms with Crippen molar-refractivity contribution in [3.05, 3.63) is 64.2 Å². The molecule has 0 saturated carbocycles. The summed E-state index contributed by atoms with van der Waals surface area (Å²) in [6.45, 7) is 4.79. The Kier molecular flexibility index (Phi) is 3.71. The first kappa shape index (κ1) is 13.8. The van der Waals surface area contributed by atoms with Gasteiger partial charge in [-0.3, -0.25) is 9.48 Å². The molecule has 0 N–H and O–H groups in total. The minimum atomic E-state index is 0.646. The van der Waals surface area contributed by atoms with E-state index in [1.807, 2.05) is 35.3 Å². The molecule has 0 aliphatic rings. The number of rotatable bonds is 4. The van der Waals surface area contributed by atoms with Gasteiger partial charge in [-0.1, -0.05) is 29.8 Å². The minimum absolute atomic E-state index is 0.646. The second-order valence-electron chi connectivity index (χ2n) is 5.17. The topological polar surface area (TPSA) is 34.9 Å². The number of nitrogens with zero attached hydrogens (tertiary/aromatic N) is 2. The maximum Gasteiger partial charge on any atom is 0.153 e. The van der Waals surface area contributed by atoms with Crippen LogP contribution in [0.3, 0.4) is 0 Å². The summed E-state index contributed by atoms with van der Waals surface area (Å²) in [5, 5.41) is 6.63. The van der Waals surface area contributed by atoms with Crippen LogP contribution in [-0.2, 0) is 6.54 Å². The van der Waals surface area contributed by atoms with Gasteiger partial charge in [0.2, 0.25) is 0 Å². The van der Waals surface area contributed by atoms with E-state index in [1.165, 1.54) is 11.1 Å². The summed E-state index contributed by atoms with van der Waals surface area (Å²) < 4.78 is 1.84. The van der Waals surface area contributed by atoms with Crippen LogP contribution in [0.25, 0.3) is 10.6 Å². The average Bonchev–Trinajstić information content (AvgIpc) is 3.04. The lowest BCUT2D eigenvalue weighted by Gasteiger charge is -2.03. The first-order chi connectivity index (χ1) is 10.2. The van der Waals surface area contributed by atoms with E-state index in [1.54, 1.807) is 11.3 Å². The van der Waals surface area contributed by atoms with Crippen LogP contribution in [0.1, 0.15) is 27.0 Å². The average molecular weight is 296 g/mol. The lowest BCUT2D eigenvalue weighted by atomic mass is 10.1. The Morgan fingerprint density at radius 3 is 2.81 bits per heavy atom. The second-order valence-corrected chi connectivity index (χ2v) is 6.09. The molecule has 3 rings (SSSR count). The van der Waals surface area contributed by atoms with E-state index in [2.05, 4.69) is 30.2 Å². The van der Waals surface area contributed by atoms with Crippen molar-refractivity contribution in [2.75, 3.05) is 0 Å². The van der Waals surface area contributed by atoms with E-state index in [0.717, 1.165) is 22.4 Å². The maximum absolute atomic E-state index is 11.3. The number of thiophene rings is 1. The Labute approximate surface area is 127 Å². The lowest BCUT2D eigenvalue weighted by Crippen LogP contribution is -2.00. The summed E-state index contributed by atoms with van der Waals surface area (Å²) in [6.07, 6.45) is 2.71. The summed E-state index contributed by atoms with van der Waals surface area (Å²) in [6, 6.07) is 10.4. The Morgan fingerprint density at radius 2 is 2.14 bits per heavy atom. The van der Waals surface area contributed by atoms with Crippen LogP contribution in [0.15, 0.2) is 41.9 Å². The highest BCUT2D eigenvalue weighted by Gasteiger charge is 2.14. The van der Waals surface area contributed by atoms with E-state index < -0.39 is 0 Å². The second kappa shape index (κ2) is 5.66. The van der Waals surface area contributed by atoms with Crippen molar-refractivity contribution in [3.8, 4) is 10.6 Å². The SMILES string of the molecule is Cc1cccc(Cn2cc(C=O)c(-c3sccc3C)n2)c1. The van der Waals surface area contributed by atoms with Crippen molar-refractivity contribution in [1.82, 2.24) is 9.78 Å². The zero-order valence-electron chi connectivity index (χ0n) is 12.0. The Morgan fingerprint density at radius 1 is 1.29 bits per heavy atom. The fourth-order valence-corrected chi connectivity index (χ4v) is 3.33. The normalized spacial score (nSPS) is 10.8. The van der Waals surface area contributed by atoms with Crippen molar-refractivity contribution in [1.29, 1.82) is 0 Å². The maximum atomic E-state index is 11.3. The van der Waals surface area contributed by atoms with Crippen molar-refractivity contribution < 1.29 is 4.79 Å². The fourth-order valence-electron chi connectivity index (χ4n) is 2.39. The summed E-state index contributed by atoms with van der Waals surface area (Å²) in [5.41, 5.74) is 5.00. The molecule has 4 heteroatoms. The van der Waals surface area contributed by atoms with Gasteiger partial charge in [0.05, 0.1) is 17.0 Å². The molecule has 2 aromatic heterocycles. The van der Waals surface area contributed by atoms with Gasteiger partial charge in [0.1, 0.15) is 5.69 Å². The Hall–Kier alpha value is -2.20. The monoisotopic (exact) mass is 296 g/mol. The number of carbonyl (C=O) groups excluding carboxylic acids is 1. The number of aromatic nitrogens is 2. The molecule has 0 amide bonds. The molecule has 0 bridgehead atoms. The first-order valence-corrected chi connectivity index (χ1v) is 7.68. The highest BCUT2D eigenvalue weighted by molar-refractivity contribution is 7.13. The van der Waals surface area contributed by atoms with Gasteiger partial charge in [0, 0.05) is 6.20 Å². The Bertz CT molecular complexity index is 786. The largest absolute Gasteiger partial charge is 0.298 e. The van der Waals surface area contributed by atoms with Crippen molar-refractivity contribution in [2.24, 2.45) is 0 Å². The van der Waals surface area contributed by atoms with Gasteiger partial charge < -0.3 is 0 Å². The van der Waals surface area contributed by atoms with Crippen molar-refractivity contribution in [3.63, 3.8) is 0 Å². The third-order valence-corrected chi connectivity index (χ3v) is 4.44. The molecule has 0 unspecified atom stereocenters. The van der Waals surface area contributed by atoms with Gasteiger partial charge >= 0.3 is 0 Å². The molecule has 0 radical (unpaired) electrons. The Balaban J connectivity index is 1.96. The van der Waals surface area contributed by atoms with Crippen LogP contribution in [0.4, 0.5) is 0 Å². The van der Waals surface area contributed by atoms with E-state index in [9.17, 15) is 4.79 Å². The predicted molar refractivity (Wildman–Crippen MR) is 85.9 cm³/mol. The zero-order chi connectivity index (χ0) is 14.8. The molecule has 0 spiro atoms. The van der Waals surface area contributed by atoms with Crippen molar-refractivity contribution >= 4 is 17.6 Å². The van der Waals surface area contributed by atoms with Crippen LogP contribution >= 0.6 is 11.3 Å². The molecule has 1 aromatic carbocycles. The van der Waals surface area contributed by atoms with Gasteiger partial charge in [-0.15, -0.1) is 11.3 Å². The molecule has 3 aromatic rings. The molecule has 0 aliphatic heterocycles. The number of benzene rings is 1. The smallest absolute Gasteiger partial charge is 0.153 e. The van der Waals surface area contributed by atoms with Crippen LogP contribution < -0.4 is 0 Å². The van der Waals surface area contributed by atoms with E-state index in [4.69, 9.17) is 0 Å². The summed E-state index contributed by atoms with van der Waals surface area (Å²) in [4.78, 5) is 12.4. The predicted octanol–water partition coefficient (Wildman–Crippen LogP) is 4.09. The van der Waals surface area contributed by atoms with Crippen LogP contribution in [-0.4, -0.2) is 16.1 Å². The summed E-state index contributed by atoms with van der Waals surface area (Å²) in [7, 11) is 0. The number of hydrogen-bond donors (Lipinski definition) is 0. The first-order valence-electron chi connectivity index (χ1n) is 6.80. The van der Waals surface area contributed by atoms with Crippen LogP contribution in [0.5, 0.6) is 0 Å².